The second-order valence-electron chi connectivity index (χ2n) is 4.94. The Morgan fingerprint density at radius 1 is 0.864 bits per heavy atom. The van der Waals surface area contributed by atoms with Gasteiger partial charge in [0.15, 0.2) is 0 Å². The Balaban J connectivity index is 2.37. The molecule has 0 aliphatic rings. The highest BCUT2D eigenvalue weighted by molar-refractivity contribution is 5.94. The van der Waals surface area contributed by atoms with E-state index in [4.69, 9.17) is 5.73 Å². The van der Waals surface area contributed by atoms with Crippen LogP contribution in [0.2, 0.25) is 0 Å². The minimum Gasteiger partial charge on any atom is -0.368 e. The zero-order valence-corrected chi connectivity index (χ0v) is 11.9. The summed E-state index contributed by atoms with van der Waals surface area (Å²) in [6, 6.07) is 18.9. The zero-order valence-electron chi connectivity index (χ0n) is 11.9. The molecule has 3 aromatic rings. The second kappa shape index (κ2) is 5.77. The number of benzene rings is 2. The molecular weight excluding hydrogens is 274 g/mol. The lowest BCUT2D eigenvalue weighted by Gasteiger charge is -2.31. The Kier molecular flexibility index (Phi) is 3.66. The molecule has 0 spiro atoms. The lowest BCUT2D eigenvalue weighted by molar-refractivity contribution is -0.121. The number of nitrogens with zero attached hydrogens (tertiary/aromatic N) is 2. The van der Waals surface area contributed by atoms with Crippen molar-refractivity contribution in [2.24, 2.45) is 5.73 Å². The van der Waals surface area contributed by atoms with Gasteiger partial charge in [0.1, 0.15) is 5.41 Å². The summed E-state index contributed by atoms with van der Waals surface area (Å²) in [4.78, 5) is 21.1. The first-order chi connectivity index (χ1) is 10.8. The van der Waals surface area contributed by atoms with Crippen LogP contribution in [0.15, 0.2) is 79.3 Å². The summed E-state index contributed by atoms with van der Waals surface area (Å²) >= 11 is 0. The van der Waals surface area contributed by atoms with Gasteiger partial charge in [0.05, 0.1) is 11.9 Å². The van der Waals surface area contributed by atoms with E-state index in [0.717, 1.165) is 11.1 Å². The number of rotatable bonds is 4. The molecule has 2 N–H and O–H groups in total. The number of aromatic nitrogens is 2. The molecule has 0 aliphatic heterocycles. The minimum atomic E-state index is -1.16. The summed E-state index contributed by atoms with van der Waals surface area (Å²) < 4.78 is 0. The molecule has 4 nitrogen and oxygen atoms in total. The van der Waals surface area contributed by atoms with E-state index in [9.17, 15) is 4.79 Å². The maximum Gasteiger partial charge on any atom is 0.238 e. The van der Waals surface area contributed by atoms with Gasteiger partial charge >= 0.3 is 0 Å². The molecule has 22 heavy (non-hydrogen) atoms. The zero-order chi connectivity index (χ0) is 15.4. The molecule has 108 valence electrons. The van der Waals surface area contributed by atoms with Gasteiger partial charge in [-0.1, -0.05) is 60.7 Å². The fraction of sp³-hybridized carbons (Fsp3) is 0.0556. The van der Waals surface area contributed by atoms with Crippen LogP contribution in [0.5, 0.6) is 0 Å². The van der Waals surface area contributed by atoms with E-state index in [1.165, 1.54) is 0 Å². The molecular formula is C18H15N3O. The van der Waals surface area contributed by atoms with Crippen molar-refractivity contribution in [1.82, 2.24) is 9.97 Å². The number of primary amides is 1. The summed E-state index contributed by atoms with van der Waals surface area (Å²) in [7, 11) is 0. The average Bonchev–Trinajstić information content (AvgIpc) is 2.58. The van der Waals surface area contributed by atoms with Crippen molar-refractivity contribution in [2.75, 3.05) is 0 Å². The van der Waals surface area contributed by atoms with Gasteiger partial charge in [0, 0.05) is 12.4 Å². The van der Waals surface area contributed by atoms with Crippen molar-refractivity contribution in [3.63, 3.8) is 0 Å². The van der Waals surface area contributed by atoms with Gasteiger partial charge in [0.2, 0.25) is 5.91 Å². The van der Waals surface area contributed by atoms with Crippen LogP contribution in [0.4, 0.5) is 0 Å². The highest BCUT2D eigenvalue weighted by atomic mass is 16.1. The van der Waals surface area contributed by atoms with Gasteiger partial charge in [-0.25, -0.2) is 0 Å². The molecule has 2 aromatic carbocycles. The third-order valence-corrected chi connectivity index (χ3v) is 3.73. The van der Waals surface area contributed by atoms with E-state index in [0.29, 0.717) is 5.69 Å². The van der Waals surface area contributed by atoms with Crippen molar-refractivity contribution in [3.05, 3.63) is 96.1 Å². The molecule has 1 aromatic heterocycles. The predicted molar refractivity (Wildman–Crippen MR) is 84.0 cm³/mol. The van der Waals surface area contributed by atoms with Crippen LogP contribution in [0.1, 0.15) is 16.8 Å². The third kappa shape index (κ3) is 2.15. The molecule has 4 heteroatoms. The first-order valence-corrected chi connectivity index (χ1v) is 6.93. The van der Waals surface area contributed by atoms with Gasteiger partial charge in [-0.05, 0) is 11.1 Å². The molecule has 0 saturated heterocycles. The summed E-state index contributed by atoms with van der Waals surface area (Å²) in [6.07, 6.45) is 4.73. The summed E-state index contributed by atoms with van der Waals surface area (Å²) in [6.45, 7) is 0. The van der Waals surface area contributed by atoms with Gasteiger partial charge in [-0.2, -0.15) is 0 Å². The van der Waals surface area contributed by atoms with Gasteiger partial charge in [-0.15, -0.1) is 0 Å². The molecule has 0 fully saturated rings. The highest BCUT2D eigenvalue weighted by Crippen LogP contribution is 2.37. The molecule has 0 unspecified atom stereocenters. The molecule has 0 radical (unpaired) electrons. The smallest absolute Gasteiger partial charge is 0.238 e. The molecule has 1 heterocycles. The first-order valence-electron chi connectivity index (χ1n) is 6.93. The Morgan fingerprint density at radius 2 is 1.41 bits per heavy atom. The Hall–Kier alpha value is -3.01. The number of amides is 1. The van der Waals surface area contributed by atoms with E-state index in [1.54, 1.807) is 18.6 Å². The van der Waals surface area contributed by atoms with E-state index in [-0.39, 0.29) is 0 Å². The number of carbonyl (C=O) groups is 1. The molecule has 0 aliphatic carbocycles. The van der Waals surface area contributed by atoms with Crippen LogP contribution in [-0.2, 0) is 10.2 Å². The number of hydrogen-bond donors (Lipinski definition) is 1. The number of nitrogens with two attached hydrogens (primary N) is 1. The fourth-order valence-corrected chi connectivity index (χ4v) is 2.74. The van der Waals surface area contributed by atoms with Crippen molar-refractivity contribution < 1.29 is 4.79 Å². The van der Waals surface area contributed by atoms with Crippen LogP contribution in [0, 0.1) is 0 Å². The van der Waals surface area contributed by atoms with E-state index in [2.05, 4.69) is 9.97 Å². The van der Waals surface area contributed by atoms with Gasteiger partial charge < -0.3 is 5.73 Å². The van der Waals surface area contributed by atoms with E-state index in [1.807, 2.05) is 60.7 Å². The number of hydrogen-bond acceptors (Lipinski definition) is 3. The maximum atomic E-state index is 12.6. The molecule has 0 bridgehead atoms. The predicted octanol–water partition coefficient (Wildman–Crippen LogP) is 2.30. The molecule has 3 rings (SSSR count). The van der Waals surface area contributed by atoms with Crippen LogP contribution in [-0.4, -0.2) is 15.9 Å². The monoisotopic (exact) mass is 289 g/mol. The van der Waals surface area contributed by atoms with E-state index < -0.39 is 11.3 Å². The van der Waals surface area contributed by atoms with Crippen LogP contribution >= 0.6 is 0 Å². The third-order valence-electron chi connectivity index (χ3n) is 3.73. The average molecular weight is 289 g/mol. The Morgan fingerprint density at radius 3 is 1.82 bits per heavy atom. The van der Waals surface area contributed by atoms with Crippen LogP contribution in [0.25, 0.3) is 0 Å². The lowest BCUT2D eigenvalue weighted by Crippen LogP contribution is -2.44. The number of carbonyl (C=O) groups excluding carboxylic acids is 1. The first kappa shape index (κ1) is 13.9. The summed E-state index contributed by atoms with van der Waals surface area (Å²) in [5, 5.41) is 0. The van der Waals surface area contributed by atoms with Gasteiger partial charge in [0.25, 0.3) is 0 Å². The van der Waals surface area contributed by atoms with Crippen molar-refractivity contribution in [3.8, 4) is 0 Å². The molecule has 0 saturated carbocycles. The second-order valence-corrected chi connectivity index (χ2v) is 4.94. The topological polar surface area (TPSA) is 68.9 Å². The normalized spacial score (nSPS) is 11.1. The van der Waals surface area contributed by atoms with E-state index >= 15 is 0 Å². The minimum absolute atomic E-state index is 0.481. The fourth-order valence-electron chi connectivity index (χ4n) is 2.74. The van der Waals surface area contributed by atoms with Crippen LogP contribution < -0.4 is 5.73 Å². The summed E-state index contributed by atoms with van der Waals surface area (Å²) in [5.74, 6) is -0.481. The lowest BCUT2D eigenvalue weighted by atomic mass is 9.71. The van der Waals surface area contributed by atoms with Crippen LogP contribution in [0.3, 0.4) is 0 Å². The molecule has 0 atom stereocenters. The quantitative estimate of drug-likeness (QED) is 0.801. The largest absolute Gasteiger partial charge is 0.368 e. The van der Waals surface area contributed by atoms with Crippen molar-refractivity contribution in [2.45, 2.75) is 5.41 Å². The highest BCUT2D eigenvalue weighted by Gasteiger charge is 2.43. The standard InChI is InChI=1S/C18H15N3O/c19-17(22)18(14-7-3-1-4-8-14,15-9-5-2-6-10-15)16-13-20-11-12-21-16/h1-13H,(H2,19,22). The van der Waals surface area contributed by atoms with Crippen molar-refractivity contribution in [1.29, 1.82) is 0 Å². The maximum absolute atomic E-state index is 12.6. The van der Waals surface area contributed by atoms with Gasteiger partial charge in [-0.3, -0.25) is 14.8 Å². The molecule has 1 amide bonds. The van der Waals surface area contributed by atoms with Crippen molar-refractivity contribution >= 4 is 5.91 Å². The SMILES string of the molecule is NC(=O)C(c1ccccc1)(c1ccccc1)c1cnccn1. The Labute approximate surface area is 128 Å². The Bertz CT molecular complexity index is 661. The summed E-state index contributed by atoms with van der Waals surface area (Å²) in [5.41, 5.74) is 6.76.